The fourth-order valence-electron chi connectivity index (χ4n) is 3.47. The average Bonchev–Trinajstić information content (AvgIpc) is 2.81. The van der Waals surface area contributed by atoms with Crippen molar-refractivity contribution in [2.75, 3.05) is 20.1 Å². The number of nitrogens with one attached hydrogen (secondary N) is 1. The number of halogens is 1. The van der Waals surface area contributed by atoms with Crippen molar-refractivity contribution in [2.24, 2.45) is 0 Å². The standard InChI is InChI=1S/C16H23FN2O/c1-11(2)19-7-6-16(10-19)9-14(18-3)13-5-4-12(17)8-15(13)20-16/h4-5,8,11,14,18H,6-7,9-10H2,1-3H3. The van der Waals surface area contributed by atoms with E-state index in [4.69, 9.17) is 4.74 Å². The third-order valence-corrected chi connectivity index (χ3v) is 4.68. The number of benzene rings is 1. The summed E-state index contributed by atoms with van der Waals surface area (Å²) in [6, 6.07) is 5.65. The fourth-order valence-corrected chi connectivity index (χ4v) is 3.47. The van der Waals surface area contributed by atoms with Gasteiger partial charge in [-0.1, -0.05) is 6.07 Å². The summed E-state index contributed by atoms with van der Waals surface area (Å²) in [6.07, 6.45) is 1.96. The molecule has 2 aliphatic rings. The molecule has 3 rings (SSSR count). The van der Waals surface area contributed by atoms with Crippen molar-refractivity contribution in [1.82, 2.24) is 10.2 Å². The Labute approximate surface area is 120 Å². The van der Waals surface area contributed by atoms with Crippen LogP contribution in [0.3, 0.4) is 0 Å². The minimum absolute atomic E-state index is 0.168. The van der Waals surface area contributed by atoms with Crippen LogP contribution in [0.5, 0.6) is 5.75 Å². The van der Waals surface area contributed by atoms with E-state index >= 15 is 0 Å². The molecule has 20 heavy (non-hydrogen) atoms. The molecule has 1 saturated heterocycles. The van der Waals surface area contributed by atoms with E-state index in [-0.39, 0.29) is 17.5 Å². The van der Waals surface area contributed by atoms with Gasteiger partial charge in [-0.25, -0.2) is 4.39 Å². The number of hydrogen-bond acceptors (Lipinski definition) is 3. The third-order valence-electron chi connectivity index (χ3n) is 4.68. The molecule has 4 heteroatoms. The summed E-state index contributed by atoms with van der Waals surface area (Å²) in [6.45, 7) is 6.41. The molecule has 2 heterocycles. The average molecular weight is 278 g/mol. The lowest BCUT2D eigenvalue weighted by atomic mass is 9.86. The van der Waals surface area contributed by atoms with Gasteiger partial charge in [0.25, 0.3) is 0 Å². The van der Waals surface area contributed by atoms with Crippen molar-refractivity contribution < 1.29 is 9.13 Å². The molecule has 0 saturated carbocycles. The van der Waals surface area contributed by atoms with Crippen molar-refractivity contribution in [3.8, 4) is 5.75 Å². The molecule has 0 radical (unpaired) electrons. The Balaban J connectivity index is 1.91. The first-order valence-electron chi connectivity index (χ1n) is 7.43. The molecule has 2 unspecified atom stereocenters. The minimum Gasteiger partial charge on any atom is -0.485 e. The Morgan fingerprint density at radius 3 is 2.90 bits per heavy atom. The van der Waals surface area contributed by atoms with Gasteiger partial charge in [0, 0.05) is 49.6 Å². The van der Waals surface area contributed by atoms with Crippen LogP contribution >= 0.6 is 0 Å². The molecule has 1 fully saturated rings. The molecule has 2 aliphatic heterocycles. The fraction of sp³-hybridized carbons (Fsp3) is 0.625. The predicted octanol–water partition coefficient (Wildman–Crippen LogP) is 2.72. The molecule has 0 bridgehead atoms. The largest absolute Gasteiger partial charge is 0.485 e. The highest BCUT2D eigenvalue weighted by Gasteiger charge is 2.46. The smallest absolute Gasteiger partial charge is 0.127 e. The van der Waals surface area contributed by atoms with Gasteiger partial charge < -0.3 is 10.1 Å². The maximum absolute atomic E-state index is 13.5. The maximum Gasteiger partial charge on any atom is 0.127 e. The van der Waals surface area contributed by atoms with Gasteiger partial charge in [-0.3, -0.25) is 4.90 Å². The van der Waals surface area contributed by atoms with Crippen LogP contribution in [-0.2, 0) is 0 Å². The summed E-state index contributed by atoms with van der Waals surface area (Å²) in [7, 11) is 1.96. The van der Waals surface area contributed by atoms with Crippen LogP contribution < -0.4 is 10.1 Å². The second-order valence-corrected chi connectivity index (χ2v) is 6.33. The van der Waals surface area contributed by atoms with Crippen LogP contribution in [0.4, 0.5) is 4.39 Å². The zero-order valence-electron chi connectivity index (χ0n) is 12.4. The Hall–Kier alpha value is -1.13. The molecule has 0 amide bonds. The first-order valence-corrected chi connectivity index (χ1v) is 7.43. The van der Waals surface area contributed by atoms with Gasteiger partial charge >= 0.3 is 0 Å². The molecular formula is C16H23FN2O. The van der Waals surface area contributed by atoms with Crippen molar-refractivity contribution in [2.45, 2.75) is 44.4 Å². The highest BCUT2D eigenvalue weighted by Crippen LogP contribution is 2.44. The third kappa shape index (κ3) is 2.31. The van der Waals surface area contributed by atoms with Crippen LogP contribution in [0, 0.1) is 5.82 Å². The highest BCUT2D eigenvalue weighted by atomic mass is 19.1. The Kier molecular flexibility index (Phi) is 3.46. The van der Waals surface area contributed by atoms with E-state index in [0.29, 0.717) is 11.8 Å². The van der Waals surface area contributed by atoms with Crippen molar-refractivity contribution in [3.63, 3.8) is 0 Å². The Bertz CT molecular complexity index is 505. The zero-order valence-corrected chi connectivity index (χ0v) is 12.4. The first-order chi connectivity index (χ1) is 9.53. The molecule has 2 atom stereocenters. The van der Waals surface area contributed by atoms with E-state index in [1.807, 2.05) is 13.1 Å². The molecular weight excluding hydrogens is 255 g/mol. The number of fused-ring (bicyclic) bond motifs is 1. The zero-order chi connectivity index (χ0) is 14.3. The summed E-state index contributed by atoms with van der Waals surface area (Å²) in [4.78, 5) is 2.44. The summed E-state index contributed by atoms with van der Waals surface area (Å²) in [5, 5.41) is 3.35. The number of likely N-dealkylation sites (tertiary alicyclic amines) is 1. The second kappa shape index (κ2) is 5.01. The van der Waals surface area contributed by atoms with Crippen LogP contribution in [0.25, 0.3) is 0 Å². The minimum atomic E-state index is -0.227. The van der Waals surface area contributed by atoms with Gasteiger partial charge in [0.2, 0.25) is 0 Å². The van der Waals surface area contributed by atoms with Crippen molar-refractivity contribution in [3.05, 3.63) is 29.6 Å². The van der Waals surface area contributed by atoms with Crippen molar-refractivity contribution in [1.29, 1.82) is 0 Å². The number of ether oxygens (including phenoxy) is 1. The molecule has 1 aromatic carbocycles. The van der Waals surface area contributed by atoms with Gasteiger partial charge in [0.05, 0.1) is 0 Å². The summed E-state index contributed by atoms with van der Waals surface area (Å²) in [5.74, 6) is 0.482. The van der Waals surface area contributed by atoms with E-state index in [1.54, 1.807) is 0 Å². The lowest BCUT2D eigenvalue weighted by Crippen LogP contribution is -2.46. The molecule has 0 aliphatic carbocycles. The Morgan fingerprint density at radius 1 is 1.45 bits per heavy atom. The molecule has 110 valence electrons. The maximum atomic E-state index is 13.5. The van der Waals surface area contributed by atoms with E-state index < -0.39 is 0 Å². The highest BCUT2D eigenvalue weighted by molar-refractivity contribution is 5.40. The lowest BCUT2D eigenvalue weighted by Gasteiger charge is -2.40. The lowest BCUT2D eigenvalue weighted by molar-refractivity contribution is 0.0362. The summed E-state index contributed by atoms with van der Waals surface area (Å²) >= 11 is 0. The molecule has 1 aromatic rings. The van der Waals surface area contributed by atoms with Gasteiger partial charge in [0.15, 0.2) is 0 Å². The number of hydrogen-bond donors (Lipinski definition) is 1. The van der Waals surface area contributed by atoms with E-state index in [9.17, 15) is 4.39 Å². The first kappa shape index (κ1) is 13.8. The summed E-state index contributed by atoms with van der Waals surface area (Å²) in [5.41, 5.74) is 0.904. The van der Waals surface area contributed by atoms with Crippen LogP contribution in [0.2, 0.25) is 0 Å². The predicted molar refractivity (Wildman–Crippen MR) is 77.5 cm³/mol. The second-order valence-electron chi connectivity index (χ2n) is 6.33. The SMILES string of the molecule is CNC1CC2(CCN(C(C)C)C2)Oc2cc(F)ccc21. The molecule has 1 spiro atoms. The molecule has 3 nitrogen and oxygen atoms in total. The number of rotatable bonds is 2. The topological polar surface area (TPSA) is 24.5 Å². The Morgan fingerprint density at radius 2 is 2.25 bits per heavy atom. The van der Waals surface area contributed by atoms with Crippen LogP contribution in [0.1, 0.15) is 38.3 Å². The van der Waals surface area contributed by atoms with Crippen LogP contribution in [0.15, 0.2) is 18.2 Å². The summed E-state index contributed by atoms with van der Waals surface area (Å²) < 4.78 is 19.7. The van der Waals surface area contributed by atoms with Gasteiger partial charge in [-0.2, -0.15) is 0 Å². The van der Waals surface area contributed by atoms with E-state index in [2.05, 4.69) is 24.1 Å². The normalized spacial score (nSPS) is 29.8. The monoisotopic (exact) mass is 278 g/mol. The van der Waals surface area contributed by atoms with Gasteiger partial charge in [0.1, 0.15) is 17.2 Å². The quantitative estimate of drug-likeness (QED) is 0.900. The molecule has 0 aromatic heterocycles. The van der Waals surface area contributed by atoms with Crippen molar-refractivity contribution >= 4 is 0 Å². The van der Waals surface area contributed by atoms with Crippen LogP contribution in [-0.4, -0.2) is 36.7 Å². The van der Waals surface area contributed by atoms with Gasteiger partial charge in [-0.05, 0) is 27.0 Å². The molecule has 1 N–H and O–H groups in total. The van der Waals surface area contributed by atoms with Gasteiger partial charge in [-0.15, -0.1) is 0 Å². The number of nitrogens with zero attached hydrogens (tertiary/aromatic N) is 1. The van der Waals surface area contributed by atoms with E-state index in [0.717, 1.165) is 31.5 Å². The van der Waals surface area contributed by atoms with E-state index in [1.165, 1.54) is 12.1 Å².